The van der Waals surface area contributed by atoms with Crippen LogP contribution >= 0.6 is 22.9 Å². The van der Waals surface area contributed by atoms with Gasteiger partial charge in [0.25, 0.3) is 5.91 Å². The van der Waals surface area contributed by atoms with Crippen molar-refractivity contribution >= 4 is 52.2 Å². The Morgan fingerprint density at radius 3 is 2.54 bits per heavy atom. The van der Waals surface area contributed by atoms with Gasteiger partial charge in [-0.1, -0.05) is 42.8 Å². The zero-order valence-corrected chi connectivity index (χ0v) is 22.9. The van der Waals surface area contributed by atoms with Crippen LogP contribution in [0.5, 0.6) is 0 Å². The first-order valence-corrected chi connectivity index (χ1v) is 14.0. The Morgan fingerprint density at radius 2 is 1.85 bits per heavy atom. The number of halogens is 1. The Bertz CT molecular complexity index is 1380. The van der Waals surface area contributed by atoms with E-state index in [0.29, 0.717) is 35.9 Å². The van der Waals surface area contributed by atoms with Crippen molar-refractivity contribution in [2.45, 2.75) is 38.7 Å². The Labute approximate surface area is 235 Å². The van der Waals surface area contributed by atoms with Crippen molar-refractivity contribution < 1.29 is 19.1 Å². The molecule has 0 bridgehead atoms. The molecule has 2 N–H and O–H groups in total. The third-order valence-corrected chi connectivity index (χ3v) is 8.09. The Morgan fingerprint density at radius 1 is 1.13 bits per heavy atom. The van der Waals surface area contributed by atoms with E-state index in [9.17, 15) is 14.4 Å². The first kappa shape index (κ1) is 26.8. The summed E-state index contributed by atoms with van der Waals surface area (Å²) >= 11 is 7.36. The summed E-state index contributed by atoms with van der Waals surface area (Å²) in [6, 6.07) is 14.6. The molecule has 11 heteroatoms. The van der Waals surface area contributed by atoms with Gasteiger partial charge >= 0.3 is 6.09 Å². The average Bonchev–Trinajstić information content (AvgIpc) is 3.44. The van der Waals surface area contributed by atoms with Gasteiger partial charge in [-0.05, 0) is 48.2 Å². The fourth-order valence-electron chi connectivity index (χ4n) is 4.63. The summed E-state index contributed by atoms with van der Waals surface area (Å²) in [7, 11) is 0. The number of nitrogens with one attached hydrogen (secondary N) is 2. The van der Waals surface area contributed by atoms with E-state index in [2.05, 4.69) is 20.8 Å². The second-order valence-electron chi connectivity index (χ2n) is 9.68. The third-order valence-electron chi connectivity index (χ3n) is 6.83. The summed E-state index contributed by atoms with van der Waals surface area (Å²) in [6.07, 6.45) is 1.59. The number of benzene rings is 2. The molecule has 202 valence electrons. The second kappa shape index (κ2) is 12.0. The molecule has 0 saturated carbocycles. The van der Waals surface area contributed by atoms with E-state index in [-0.39, 0.29) is 36.4 Å². The molecule has 0 spiro atoms. The van der Waals surface area contributed by atoms with Crippen LogP contribution in [0.15, 0.2) is 59.0 Å². The SMILES string of the molecule is CC1CC(=O)NN=C1c1ccc(NC(=O)c2csc(C3CCN(C(=O)OCc4ccc(Cl)cc4)CC3)n2)cc1. The van der Waals surface area contributed by atoms with E-state index >= 15 is 0 Å². The molecular weight excluding hydrogens is 538 g/mol. The number of anilines is 1. The molecule has 1 aromatic heterocycles. The van der Waals surface area contributed by atoms with Gasteiger partial charge in [-0.25, -0.2) is 15.2 Å². The lowest BCUT2D eigenvalue weighted by molar-refractivity contribution is -0.121. The molecule has 0 radical (unpaired) electrons. The molecule has 39 heavy (non-hydrogen) atoms. The minimum Gasteiger partial charge on any atom is -0.445 e. The summed E-state index contributed by atoms with van der Waals surface area (Å²) in [5, 5.41) is 10.4. The molecular formula is C28H28ClN5O4S. The van der Waals surface area contributed by atoms with Crippen LogP contribution in [-0.2, 0) is 16.1 Å². The van der Waals surface area contributed by atoms with Crippen LogP contribution in [-0.4, -0.2) is 46.6 Å². The van der Waals surface area contributed by atoms with Gasteiger partial charge in [0.15, 0.2) is 0 Å². The maximum absolute atomic E-state index is 12.8. The minimum absolute atomic E-state index is 0.0273. The zero-order chi connectivity index (χ0) is 27.4. The van der Waals surface area contributed by atoms with Crippen molar-refractivity contribution in [1.82, 2.24) is 15.3 Å². The highest BCUT2D eigenvalue weighted by molar-refractivity contribution is 7.10. The van der Waals surface area contributed by atoms with E-state index < -0.39 is 0 Å². The standard InChI is InChI=1S/C28H28ClN5O4S/c1-17-14-24(35)32-33-25(17)19-4-8-22(9-5-19)30-26(36)23-16-39-27(31-23)20-10-12-34(13-11-20)28(37)38-15-18-2-6-21(29)7-3-18/h2-9,16-17,20H,10-15H2,1H3,(H,30,36)(H,32,35). The topological polar surface area (TPSA) is 113 Å². The molecule has 1 saturated heterocycles. The highest BCUT2D eigenvalue weighted by atomic mass is 35.5. The molecule has 3 aromatic rings. The first-order valence-electron chi connectivity index (χ1n) is 12.8. The lowest BCUT2D eigenvalue weighted by Crippen LogP contribution is -2.38. The minimum atomic E-state index is -0.330. The number of carbonyl (C=O) groups excluding carboxylic acids is 3. The summed E-state index contributed by atoms with van der Waals surface area (Å²) in [6.45, 7) is 3.32. The summed E-state index contributed by atoms with van der Waals surface area (Å²) < 4.78 is 5.45. The van der Waals surface area contributed by atoms with Gasteiger partial charge in [-0.2, -0.15) is 5.10 Å². The highest BCUT2D eigenvalue weighted by Gasteiger charge is 2.27. The lowest BCUT2D eigenvalue weighted by Gasteiger charge is -2.30. The Balaban J connectivity index is 1.11. The van der Waals surface area contributed by atoms with Crippen LogP contribution in [0.1, 0.15) is 58.7 Å². The van der Waals surface area contributed by atoms with Gasteiger partial charge in [-0.15, -0.1) is 11.3 Å². The number of hydrogen-bond acceptors (Lipinski definition) is 7. The van der Waals surface area contributed by atoms with Crippen LogP contribution in [0.3, 0.4) is 0 Å². The number of nitrogens with zero attached hydrogens (tertiary/aromatic N) is 3. The molecule has 1 unspecified atom stereocenters. The molecule has 2 aliphatic heterocycles. The maximum atomic E-state index is 12.8. The van der Waals surface area contributed by atoms with Gasteiger partial charge < -0.3 is 15.0 Å². The lowest BCUT2D eigenvalue weighted by atomic mass is 9.94. The van der Waals surface area contributed by atoms with Crippen molar-refractivity contribution in [2.75, 3.05) is 18.4 Å². The molecule has 3 heterocycles. The number of ether oxygens (including phenoxy) is 1. The molecule has 0 aliphatic carbocycles. The van der Waals surface area contributed by atoms with Crippen molar-refractivity contribution in [3.8, 4) is 0 Å². The number of carbonyl (C=O) groups is 3. The number of thiazole rings is 1. The van der Waals surface area contributed by atoms with Gasteiger partial charge in [-0.3, -0.25) is 9.59 Å². The van der Waals surface area contributed by atoms with Gasteiger partial charge in [0, 0.05) is 47.4 Å². The van der Waals surface area contributed by atoms with Crippen LogP contribution in [0.25, 0.3) is 0 Å². The number of piperidine rings is 1. The quantitative estimate of drug-likeness (QED) is 0.414. The van der Waals surface area contributed by atoms with Crippen molar-refractivity contribution in [2.24, 2.45) is 11.0 Å². The summed E-state index contributed by atoms with van der Waals surface area (Å²) in [5.74, 6) is -0.144. The van der Waals surface area contributed by atoms with E-state index in [4.69, 9.17) is 16.3 Å². The fourth-order valence-corrected chi connectivity index (χ4v) is 5.72. The van der Waals surface area contributed by atoms with E-state index in [1.54, 1.807) is 22.4 Å². The number of hydrogen-bond donors (Lipinski definition) is 2. The predicted octanol–water partition coefficient (Wildman–Crippen LogP) is 5.43. The number of hydrazone groups is 1. The van der Waals surface area contributed by atoms with Crippen LogP contribution in [0.4, 0.5) is 10.5 Å². The molecule has 3 amide bonds. The van der Waals surface area contributed by atoms with Crippen molar-refractivity contribution in [3.63, 3.8) is 0 Å². The molecule has 1 atom stereocenters. The molecule has 1 fully saturated rings. The number of amides is 3. The molecule has 2 aliphatic rings. The second-order valence-corrected chi connectivity index (χ2v) is 11.0. The Hall–Kier alpha value is -3.76. The predicted molar refractivity (Wildman–Crippen MR) is 150 cm³/mol. The highest BCUT2D eigenvalue weighted by Crippen LogP contribution is 2.31. The van der Waals surface area contributed by atoms with Crippen molar-refractivity contribution in [3.05, 3.63) is 80.8 Å². The largest absolute Gasteiger partial charge is 0.445 e. The van der Waals surface area contributed by atoms with E-state index in [1.165, 1.54) is 11.3 Å². The number of rotatable bonds is 6. The van der Waals surface area contributed by atoms with E-state index in [0.717, 1.165) is 34.7 Å². The molecule has 9 nitrogen and oxygen atoms in total. The van der Waals surface area contributed by atoms with Gasteiger partial charge in [0.05, 0.1) is 10.7 Å². The van der Waals surface area contributed by atoms with Crippen LogP contribution in [0, 0.1) is 5.92 Å². The smallest absolute Gasteiger partial charge is 0.410 e. The molecule has 5 rings (SSSR count). The number of aromatic nitrogens is 1. The molecule has 2 aromatic carbocycles. The first-order chi connectivity index (χ1) is 18.9. The average molecular weight is 566 g/mol. The van der Waals surface area contributed by atoms with E-state index in [1.807, 2.05) is 43.3 Å². The van der Waals surface area contributed by atoms with Crippen LogP contribution in [0.2, 0.25) is 5.02 Å². The summed E-state index contributed by atoms with van der Waals surface area (Å²) in [5.41, 5.74) is 6.15. The normalized spacial score (nSPS) is 17.8. The zero-order valence-electron chi connectivity index (χ0n) is 21.4. The third kappa shape index (κ3) is 6.63. The van der Waals surface area contributed by atoms with Gasteiger partial charge in [0.1, 0.15) is 12.3 Å². The maximum Gasteiger partial charge on any atom is 0.410 e. The van der Waals surface area contributed by atoms with Crippen molar-refractivity contribution in [1.29, 1.82) is 0 Å². The summed E-state index contributed by atoms with van der Waals surface area (Å²) in [4.78, 5) is 43.1. The number of likely N-dealkylation sites (tertiary alicyclic amines) is 1. The monoisotopic (exact) mass is 565 g/mol. The Kier molecular flexibility index (Phi) is 8.23. The fraction of sp³-hybridized carbons (Fsp3) is 0.321. The van der Waals surface area contributed by atoms with Gasteiger partial charge in [0.2, 0.25) is 5.91 Å². The van der Waals surface area contributed by atoms with Crippen LogP contribution < -0.4 is 10.7 Å².